The molecule has 0 spiro atoms. The van der Waals surface area contributed by atoms with Gasteiger partial charge in [0.15, 0.2) is 5.56 Å². The van der Waals surface area contributed by atoms with Crippen molar-refractivity contribution in [2.75, 3.05) is 72.4 Å². The molecule has 0 bridgehead atoms. The highest BCUT2D eigenvalue weighted by Gasteiger charge is 2.40. The number of halogens is 8. The minimum atomic E-state index is -4.75. The molecular formula is C106H81F3I5N13O18S2. The number of carbonyl (C=O) groups is 10. The molecule has 4 aliphatic rings. The van der Waals surface area contributed by atoms with E-state index < -0.39 is 69.2 Å². The van der Waals surface area contributed by atoms with Crippen LogP contribution in [-0.2, 0) is 49.3 Å². The second-order valence-corrected chi connectivity index (χ2v) is 40.6. The van der Waals surface area contributed by atoms with Gasteiger partial charge in [0, 0.05) is 70.1 Å². The maximum absolute atomic E-state index is 13.1. The molecule has 9 heterocycles. The SMILES string of the molecule is CCN(CC)c1ccccc1C(=O)c1c(O)n(-c2ccc(I)cc2)[nH]c1=O.CN(C)CCCOc1ccc(C=C2C(=O)NN(c3ccc(I)cc3)C2=O)cc1.COC(=O)c1sccc1-c1ccc(C=C2C(=O)NN(c3ccc(I)cc3)C2=O)o1.O=C1NN(c2ccc(I)cc2)C(=O)C1=Cc1ccc(-c2ccc(C(F)(F)F)cc2[N+](=O)[O-])o1.O=C1NN(c2ccc(I)cc2)C(=O)C1=Cc1ccc(-c2ccc3ccccc3c2)s1. The largest absolute Gasteiger partial charge is 0.494 e. The molecule has 41 heteroatoms. The Morgan fingerprint density at radius 2 is 0.966 bits per heavy atom. The van der Waals surface area contributed by atoms with E-state index in [0.29, 0.717) is 74.7 Å². The summed E-state index contributed by atoms with van der Waals surface area (Å²) in [5.74, 6) is -3.71. The summed E-state index contributed by atoms with van der Waals surface area (Å²) in [5.41, 5.74) is 13.6. The number of hydrogen-bond donors (Lipinski definition) is 6. The number of aromatic hydroxyl groups is 1. The summed E-state index contributed by atoms with van der Waals surface area (Å²) < 4.78 is 66.8. The number of aromatic nitrogens is 2. The van der Waals surface area contributed by atoms with Gasteiger partial charge >= 0.3 is 12.1 Å². The van der Waals surface area contributed by atoms with Crippen molar-refractivity contribution >= 4 is 264 Å². The fourth-order valence-electron chi connectivity index (χ4n) is 15.1. The number of rotatable bonds is 24. The van der Waals surface area contributed by atoms with E-state index in [1.54, 1.807) is 120 Å². The number of anilines is 5. The first kappa shape index (κ1) is 107. The number of benzene rings is 10. The smallest absolute Gasteiger partial charge is 0.416 e. The summed E-state index contributed by atoms with van der Waals surface area (Å²) in [6.07, 6.45) is 2.00. The maximum Gasteiger partial charge on any atom is 0.416 e. The third kappa shape index (κ3) is 25.6. The molecule has 0 aliphatic carbocycles. The predicted octanol–water partition coefficient (Wildman–Crippen LogP) is 21.1. The predicted molar refractivity (Wildman–Crippen MR) is 597 cm³/mol. The molecule has 0 radical (unpaired) electrons. The fourth-order valence-corrected chi connectivity index (χ4v) is 18.6. The highest BCUT2D eigenvalue weighted by molar-refractivity contribution is 14.1. The first-order valence-electron chi connectivity index (χ1n) is 44.4. The number of carbonyl (C=O) groups excluding carboxylic acids is 10. The molecule has 6 N–H and O–H groups in total. The van der Waals surface area contributed by atoms with Crippen LogP contribution in [0.1, 0.15) is 73.4 Å². The van der Waals surface area contributed by atoms with Gasteiger partial charge in [0.05, 0.1) is 58.2 Å². The third-order valence-corrected chi connectivity index (χ3v) is 28.0. The van der Waals surface area contributed by atoms with E-state index in [9.17, 15) is 81.1 Å². The highest BCUT2D eigenvalue weighted by atomic mass is 127. The summed E-state index contributed by atoms with van der Waals surface area (Å²) in [6, 6.07) is 78.8. The van der Waals surface area contributed by atoms with E-state index in [1.165, 1.54) is 67.1 Å². The Bertz CT molecular complexity index is 7790. The number of ketones is 1. The summed E-state index contributed by atoms with van der Waals surface area (Å²) in [7, 11) is 5.37. The second-order valence-electron chi connectivity index (χ2n) is 32.3. The number of amides is 8. The van der Waals surface area contributed by atoms with Crippen molar-refractivity contribution in [1.29, 1.82) is 0 Å². The monoisotopic (exact) mass is 2580 g/mol. The molecule has 4 saturated heterocycles. The quantitative estimate of drug-likeness (QED) is 0.00478. The molecule has 19 rings (SSSR count). The Hall–Kier alpha value is -14.5. The lowest BCUT2D eigenvalue weighted by Gasteiger charge is -2.23. The van der Waals surface area contributed by atoms with Gasteiger partial charge in [0.1, 0.15) is 56.0 Å². The van der Waals surface area contributed by atoms with Crippen LogP contribution in [0.2, 0.25) is 0 Å². The number of hydrazine groups is 4. The van der Waals surface area contributed by atoms with E-state index in [-0.39, 0.29) is 68.5 Å². The van der Waals surface area contributed by atoms with E-state index in [1.807, 2.05) is 154 Å². The van der Waals surface area contributed by atoms with Gasteiger partial charge in [-0.2, -0.15) is 13.2 Å². The van der Waals surface area contributed by atoms with Gasteiger partial charge in [0.2, 0.25) is 11.7 Å². The Morgan fingerprint density at radius 1 is 0.510 bits per heavy atom. The first-order chi connectivity index (χ1) is 70.5. The van der Waals surface area contributed by atoms with Crippen molar-refractivity contribution in [3.05, 3.63) is 383 Å². The number of furan rings is 2. The lowest BCUT2D eigenvalue weighted by Crippen LogP contribution is -2.35. The number of ether oxygens (including phenoxy) is 2. The molecule has 5 aromatic heterocycles. The summed E-state index contributed by atoms with van der Waals surface area (Å²) in [6.45, 7) is 7.08. The van der Waals surface area contributed by atoms with Gasteiger partial charge in [-0.25, -0.2) is 29.5 Å². The van der Waals surface area contributed by atoms with Crippen LogP contribution in [0.25, 0.3) is 73.9 Å². The van der Waals surface area contributed by atoms with E-state index in [0.717, 1.165) is 93.4 Å². The van der Waals surface area contributed by atoms with Crippen LogP contribution < -0.4 is 56.9 Å². The molecule has 10 aromatic carbocycles. The van der Waals surface area contributed by atoms with E-state index in [2.05, 4.69) is 175 Å². The molecule has 0 unspecified atom stereocenters. The molecule has 746 valence electrons. The topological polar surface area (TPSA) is 384 Å². The minimum Gasteiger partial charge on any atom is -0.494 e. The number of esters is 1. The van der Waals surface area contributed by atoms with Gasteiger partial charge in [-0.3, -0.25) is 84.9 Å². The molecule has 4 aliphatic heterocycles. The Morgan fingerprint density at radius 3 is 1.44 bits per heavy atom. The van der Waals surface area contributed by atoms with Crippen molar-refractivity contribution < 1.29 is 89.5 Å². The zero-order valence-corrected chi connectivity index (χ0v) is 90.1. The van der Waals surface area contributed by atoms with Gasteiger partial charge in [-0.15, -0.1) is 22.7 Å². The lowest BCUT2D eigenvalue weighted by atomic mass is 10.0. The van der Waals surface area contributed by atoms with Crippen LogP contribution in [0.5, 0.6) is 11.6 Å². The maximum atomic E-state index is 13.1. The Balaban J connectivity index is 0.000000138. The molecule has 0 saturated carbocycles. The molecule has 0 atom stereocenters. The zero-order valence-electron chi connectivity index (χ0n) is 77.7. The van der Waals surface area contributed by atoms with Gasteiger partial charge in [-0.1, -0.05) is 60.7 Å². The zero-order chi connectivity index (χ0) is 105. The van der Waals surface area contributed by atoms with Crippen molar-refractivity contribution in [1.82, 2.24) is 36.4 Å². The number of alkyl halides is 3. The number of nitrogens with zero attached hydrogens (tertiary/aromatic N) is 8. The number of thiophene rings is 2. The third-order valence-electron chi connectivity index (χ3n) is 22.4. The normalized spacial score (nSPS) is 14.4. The number of para-hydroxylation sites is 1. The van der Waals surface area contributed by atoms with Gasteiger partial charge in [-0.05, 0) is 405 Å². The molecule has 8 amide bonds. The minimum absolute atomic E-state index is 0.0159. The standard InChI is InChI=1S/C24H15IN2O2S.C21H11F3IN3O5.C21H22IN3O3.C20H20IN3O3.C20H13IN2O5S/c25-18-7-9-19(10-8-18)27-24(29)21(23(28)26-27)14-20-11-12-22(30-20)17-6-5-15-3-1-2-4-16(15)13-17;22-21(23,24)11-1-7-15(17(9-11)28(31)32)18-8-6-14(33-18)10-16-19(29)26-27(20(16)30)13-4-2-12(25)3-5-13;1-24(2)12-3-13-28-18-10-4-15(5-11-18)14-19-20(26)23-25(21(19)27)17-8-6-16(22)7-9-17;1-3-23(4-2)16-8-6-5-7-15(16)18(25)17-19(26)22-24(20(17)27)14-11-9-13(21)10-12-14;1-27-20(26)17-14(8-9-29-17)16-7-6-13(28-16)10-15-18(24)22-23(19(15)25)12-4-2-11(21)3-5-12/h1-14H,(H,26,28);1-10H,(H,26,29);4-11,14H,3,12-13H2,1-2H3,(H,23,26);5-12,27H,3-4H2,1-2H3,(H,22,26);2-10H,1H3,(H,22,24). The summed E-state index contributed by atoms with van der Waals surface area (Å²) in [5, 5.41) is 33.4. The van der Waals surface area contributed by atoms with E-state index >= 15 is 0 Å². The van der Waals surface area contributed by atoms with Crippen LogP contribution in [0.15, 0.2) is 314 Å². The number of nitrogens with one attached hydrogen (secondary N) is 5. The molecule has 31 nitrogen and oxygen atoms in total. The average molecular weight is 2580 g/mol. The number of nitro benzene ring substituents is 1. The molecular weight excluding hydrogens is 2500 g/mol. The van der Waals surface area contributed by atoms with Crippen LogP contribution in [0.3, 0.4) is 0 Å². The van der Waals surface area contributed by atoms with Gasteiger partial charge < -0.3 is 33.2 Å². The van der Waals surface area contributed by atoms with Gasteiger partial charge in [0.25, 0.3) is 58.5 Å². The highest BCUT2D eigenvalue weighted by Crippen LogP contribution is 2.41. The number of fused-ring (bicyclic) bond motifs is 1. The molecule has 15 aromatic rings. The second kappa shape index (κ2) is 47.8. The van der Waals surface area contributed by atoms with Crippen molar-refractivity contribution in [3.63, 3.8) is 0 Å². The number of aromatic amines is 1. The van der Waals surface area contributed by atoms with Crippen molar-refractivity contribution in [2.24, 2.45) is 0 Å². The fraction of sp³-hybridized carbons (Fsp3) is 0.104. The van der Waals surface area contributed by atoms with Crippen molar-refractivity contribution in [2.45, 2.75) is 26.4 Å². The molecule has 147 heavy (non-hydrogen) atoms. The first-order valence-corrected chi connectivity index (χ1v) is 51.5. The average Bonchev–Trinajstić information content (AvgIpc) is 1.63. The van der Waals surface area contributed by atoms with Crippen molar-refractivity contribution in [3.8, 4) is 50.4 Å². The van der Waals surface area contributed by atoms with Crippen LogP contribution >= 0.6 is 136 Å². The lowest BCUT2D eigenvalue weighted by molar-refractivity contribution is -0.384. The number of H-pyrrole nitrogens is 1. The summed E-state index contributed by atoms with van der Waals surface area (Å²) in [4.78, 5) is 154. The van der Waals surface area contributed by atoms with Crippen LogP contribution in [0, 0.1) is 28.0 Å². The summed E-state index contributed by atoms with van der Waals surface area (Å²) >= 11 is 13.6. The van der Waals surface area contributed by atoms with E-state index in [4.69, 9.17) is 18.3 Å². The Kier molecular flexibility index (Phi) is 34.7. The molecule has 4 fully saturated rings. The Labute approximate surface area is 912 Å². The number of hydrogen-bond acceptors (Lipinski definition) is 22. The number of nitro groups is 1. The van der Waals surface area contributed by atoms with Crippen LogP contribution in [0.4, 0.5) is 47.3 Å². The van der Waals surface area contributed by atoms with Crippen LogP contribution in [-0.4, -0.2) is 131 Å². The number of methoxy groups -OCH3 is 1.